The third kappa shape index (κ3) is 1.50. The summed E-state index contributed by atoms with van der Waals surface area (Å²) < 4.78 is 24.1. The van der Waals surface area contributed by atoms with E-state index in [-0.39, 0.29) is 17.5 Å². The number of sulfone groups is 1. The highest BCUT2D eigenvalue weighted by atomic mass is 32.2. The zero-order valence-electron chi connectivity index (χ0n) is 7.97. The summed E-state index contributed by atoms with van der Waals surface area (Å²) in [6, 6.07) is -0.0753. The molecule has 0 amide bonds. The van der Waals surface area contributed by atoms with Gasteiger partial charge < -0.3 is 5.73 Å². The van der Waals surface area contributed by atoms with Gasteiger partial charge in [0.2, 0.25) is 0 Å². The first-order valence-corrected chi connectivity index (χ1v) is 6.32. The molecular formula is C8H13N3O2S. The lowest BCUT2D eigenvalue weighted by Gasteiger charge is -2.10. The molecule has 0 aromatic carbocycles. The largest absolute Gasteiger partial charge is 0.384 e. The minimum Gasteiger partial charge on any atom is -0.384 e. The molecule has 0 bridgehead atoms. The molecule has 1 saturated heterocycles. The summed E-state index contributed by atoms with van der Waals surface area (Å²) in [4.78, 5) is 0. The fourth-order valence-corrected chi connectivity index (χ4v) is 3.41. The Labute approximate surface area is 82.8 Å². The Morgan fingerprint density at radius 3 is 2.79 bits per heavy atom. The minimum absolute atomic E-state index is 0.0753. The Morgan fingerprint density at radius 1 is 1.64 bits per heavy atom. The van der Waals surface area contributed by atoms with Crippen molar-refractivity contribution in [2.75, 3.05) is 17.2 Å². The number of nitrogens with zero attached hydrogens (tertiary/aromatic N) is 2. The molecule has 1 atom stereocenters. The fourth-order valence-electron chi connectivity index (χ4n) is 1.72. The third-order valence-corrected chi connectivity index (χ3v) is 4.33. The molecule has 0 spiro atoms. The van der Waals surface area contributed by atoms with E-state index in [2.05, 4.69) is 5.10 Å². The van der Waals surface area contributed by atoms with Gasteiger partial charge in [-0.2, -0.15) is 5.10 Å². The first kappa shape index (κ1) is 9.51. The van der Waals surface area contributed by atoms with E-state index in [1.54, 1.807) is 10.9 Å². The van der Waals surface area contributed by atoms with Crippen molar-refractivity contribution in [2.24, 2.45) is 0 Å². The molecule has 6 heteroatoms. The van der Waals surface area contributed by atoms with Crippen LogP contribution in [-0.2, 0) is 9.84 Å². The zero-order valence-corrected chi connectivity index (χ0v) is 8.79. The first-order chi connectivity index (χ1) is 6.49. The van der Waals surface area contributed by atoms with E-state index < -0.39 is 9.84 Å². The standard InChI is InChI=1S/C8H13N3O2S/c1-6-4-10-11(8(6)9)7-2-3-14(12,13)5-7/h4,7H,2-3,5,9H2,1H3. The summed E-state index contributed by atoms with van der Waals surface area (Å²) >= 11 is 0. The van der Waals surface area contributed by atoms with Gasteiger partial charge in [-0.3, -0.25) is 0 Å². The molecule has 1 aromatic rings. The molecule has 1 aromatic heterocycles. The predicted octanol–water partition coefficient (Wildman–Crippen LogP) is 0.133. The Hall–Kier alpha value is -1.04. The van der Waals surface area contributed by atoms with Crippen molar-refractivity contribution in [1.82, 2.24) is 9.78 Å². The number of aromatic nitrogens is 2. The van der Waals surface area contributed by atoms with Crippen LogP contribution < -0.4 is 5.73 Å². The lowest BCUT2D eigenvalue weighted by Crippen LogP contribution is -2.14. The Balaban J connectivity index is 2.30. The van der Waals surface area contributed by atoms with Crippen LogP contribution in [0.1, 0.15) is 18.0 Å². The smallest absolute Gasteiger partial charge is 0.152 e. The van der Waals surface area contributed by atoms with E-state index in [0.29, 0.717) is 12.2 Å². The molecule has 1 unspecified atom stereocenters. The number of nitrogen functional groups attached to an aromatic ring is 1. The van der Waals surface area contributed by atoms with Crippen molar-refractivity contribution >= 4 is 15.7 Å². The number of hydrogen-bond acceptors (Lipinski definition) is 4. The number of anilines is 1. The second kappa shape index (κ2) is 2.98. The van der Waals surface area contributed by atoms with Crippen molar-refractivity contribution in [2.45, 2.75) is 19.4 Å². The molecule has 1 aliphatic rings. The lowest BCUT2D eigenvalue weighted by atomic mass is 10.2. The van der Waals surface area contributed by atoms with Crippen LogP contribution in [0.5, 0.6) is 0 Å². The van der Waals surface area contributed by atoms with Gasteiger partial charge in [-0.1, -0.05) is 0 Å². The quantitative estimate of drug-likeness (QED) is 0.722. The highest BCUT2D eigenvalue weighted by molar-refractivity contribution is 7.91. The van der Waals surface area contributed by atoms with Gasteiger partial charge >= 0.3 is 0 Å². The topological polar surface area (TPSA) is 78.0 Å². The first-order valence-electron chi connectivity index (χ1n) is 4.49. The van der Waals surface area contributed by atoms with E-state index >= 15 is 0 Å². The van der Waals surface area contributed by atoms with Gasteiger partial charge in [-0.25, -0.2) is 13.1 Å². The molecule has 1 aliphatic heterocycles. The van der Waals surface area contributed by atoms with Gasteiger partial charge in [0, 0.05) is 5.56 Å². The van der Waals surface area contributed by atoms with E-state index in [1.807, 2.05) is 6.92 Å². The zero-order chi connectivity index (χ0) is 10.3. The average molecular weight is 215 g/mol. The van der Waals surface area contributed by atoms with Gasteiger partial charge in [0.1, 0.15) is 5.82 Å². The Kier molecular flexibility index (Phi) is 2.02. The molecule has 2 N–H and O–H groups in total. The second-order valence-electron chi connectivity index (χ2n) is 3.71. The van der Waals surface area contributed by atoms with Crippen molar-refractivity contribution in [3.8, 4) is 0 Å². The van der Waals surface area contributed by atoms with E-state index in [1.165, 1.54) is 0 Å². The molecule has 78 valence electrons. The molecule has 0 radical (unpaired) electrons. The van der Waals surface area contributed by atoms with Crippen LogP contribution in [-0.4, -0.2) is 29.7 Å². The highest BCUT2D eigenvalue weighted by Gasteiger charge is 2.30. The van der Waals surface area contributed by atoms with Gasteiger partial charge in [0.25, 0.3) is 0 Å². The normalized spacial score (nSPS) is 25.4. The molecule has 0 saturated carbocycles. The molecule has 5 nitrogen and oxygen atoms in total. The summed E-state index contributed by atoms with van der Waals surface area (Å²) in [5.74, 6) is 0.987. The number of hydrogen-bond donors (Lipinski definition) is 1. The molecular weight excluding hydrogens is 202 g/mol. The van der Waals surface area contributed by atoms with Crippen LogP contribution in [0.4, 0.5) is 5.82 Å². The van der Waals surface area contributed by atoms with Crippen molar-refractivity contribution in [3.05, 3.63) is 11.8 Å². The van der Waals surface area contributed by atoms with E-state index in [0.717, 1.165) is 5.56 Å². The van der Waals surface area contributed by atoms with Crippen molar-refractivity contribution < 1.29 is 8.42 Å². The van der Waals surface area contributed by atoms with Crippen LogP contribution in [0.3, 0.4) is 0 Å². The SMILES string of the molecule is Cc1cnn(C2CCS(=O)(=O)C2)c1N. The Bertz CT molecular complexity index is 449. The molecule has 0 aliphatic carbocycles. The maximum atomic E-state index is 11.3. The third-order valence-electron chi connectivity index (χ3n) is 2.58. The summed E-state index contributed by atoms with van der Waals surface area (Å²) in [5, 5.41) is 4.09. The number of rotatable bonds is 1. The number of nitrogens with two attached hydrogens (primary N) is 1. The van der Waals surface area contributed by atoms with Crippen molar-refractivity contribution in [3.63, 3.8) is 0 Å². The predicted molar refractivity (Wildman–Crippen MR) is 53.7 cm³/mol. The van der Waals surface area contributed by atoms with Gasteiger partial charge in [-0.05, 0) is 13.3 Å². The summed E-state index contributed by atoms with van der Waals surface area (Å²) in [6.45, 7) is 1.86. The maximum Gasteiger partial charge on any atom is 0.152 e. The van der Waals surface area contributed by atoms with Crippen LogP contribution in [0, 0.1) is 6.92 Å². The monoisotopic (exact) mass is 215 g/mol. The van der Waals surface area contributed by atoms with Crippen LogP contribution >= 0.6 is 0 Å². The number of aryl methyl sites for hydroxylation is 1. The van der Waals surface area contributed by atoms with Crippen LogP contribution in [0.25, 0.3) is 0 Å². The van der Waals surface area contributed by atoms with E-state index in [9.17, 15) is 8.42 Å². The average Bonchev–Trinajstić information content (AvgIpc) is 2.59. The second-order valence-corrected chi connectivity index (χ2v) is 5.94. The minimum atomic E-state index is -2.87. The molecule has 14 heavy (non-hydrogen) atoms. The molecule has 1 fully saturated rings. The lowest BCUT2D eigenvalue weighted by molar-refractivity contribution is 0.507. The summed E-state index contributed by atoms with van der Waals surface area (Å²) in [6.07, 6.45) is 2.29. The van der Waals surface area contributed by atoms with Crippen LogP contribution in [0.15, 0.2) is 6.20 Å². The van der Waals surface area contributed by atoms with Gasteiger partial charge in [0.05, 0.1) is 23.7 Å². The van der Waals surface area contributed by atoms with E-state index in [4.69, 9.17) is 5.73 Å². The van der Waals surface area contributed by atoms with Crippen LogP contribution in [0.2, 0.25) is 0 Å². The van der Waals surface area contributed by atoms with Crippen molar-refractivity contribution in [1.29, 1.82) is 0 Å². The highest BCUT2D eigenvalue weighted by Crippen LogP contribution is 2.26. The molecule has 2 heterocycles. The van der Waals surface area contributed by atoms with Gasteiger partial charge in [0.15, 0.2) is 9.84 Å². The summed E-state index contributed by atoms with van der Waals surface area (Å²) in [7, 11) is -2.87. The van der Waals surface area contributed by atoms with Gasteiger partial charge in [-0.15, -0.1) is 0 Å². The Morgan fingerprint density at radius 2 is 2.36 bits per heavy atom. The maximum absolute atomic E-state index is 11.3. The fraction of sp³-hybridized carbons (Fsp3) is 0.625. The molecule has 2 rings (SSSR count). The summed E-state index contributed by atoms with van der Waals surface area (Å²) in [5.41, 5.74) is 6.67.